The average molecular weight is 304 g/mol. The van der Waals surface area contributed by atoms with Crippen molar-refractivity contribution in [1.29, 1.82) is 0 Å². The molecule has 0 spiro atoms. The third-order valence-electron chi connectivity index (χ3n) is 4.12. The summed E-state index contributed by atoms with van der Waals surface area (Å²) in [6.07, 6.45) is 9.27. The van der Waals surface area contributed by atoms with Gasteiger partial charge in [-0.2, -0.15) is 0 Å². The maximum atomic E-state index is 3.77. The molecule has 0 fully saturated rings. The van der Waals surface area contributed by atoms with Crippen LogP contribution in [-0.2, 0) is 0 Å². The van der Waals surface area contributed by atoms with Gasteiger partial charge in [0, 0.05) is 10.7 Å². The lowest BCUT2D eigenvalue weighted by Crippen LogP contribution is -2.22. The summed E-state index contributed by atoms with van der Waals surface area (Å²) >= 11 is 1.88. The number of rotatable bonds is 10. The molecule has 1 N–H and O–H groups in total. The Balaban J connectivity index is 2.02. The van der Waals surface area contributed by atoms with E-state index in [2.05, 4.69) is 48.8 Å². The molecule has 0 radical (unpaired) electrons. The Labute approximate surface area is 133 Å². The van der Waals surface area contributed by atoms with E-state index in [1.165, 1.54) is 60.6 Å². The van der Waals surface area contributed by atoms with Crippen LogP contribution in [0.5, 0.6) is 0 Å². The number of fused-ring (bicyclic) bond motifs is 1. The molecular weight excluding hydrogens is 274 g/mol. The van der Waals surface area contributed by atoms with Crippen LogP contribution >= 0.6 is 11.3 Å². The Morgan fingerprint density at radius 1 is 1.00 bits per heavy atom. The second kappa shape index (κ2) is 9.22. The molecule has 2 rings (SSSR count). The molecule has 2 aromatic rings. The summed E-state index contributed by atoms with van der Waals surface area (Å²) in [5.41, 5.74) is 1.51. The molecule has 1 aromatic carbocycles. The van der Waals surface area contributed by atoms with Gasteiger partial charge >= 0.3 is 0 Å². The normalized spacial score (nSPS) is 12.9. The highest BCUT2D eigenvalue weighted by molar-refractivity contribution is 7.17. The van der Waals surface area contributed by atoms with Crippen LogP contribution in [0.25, 0.3) is 10.1 Å². The molecule has 0 aliphatic carbocycles. The third kappa shape index (κ3) is 4.82. The molecule has 1 atom stereocenters. The summed E-state index contributed by atoms with van der Waals surface area (Å²) < 4.78 is 1.47. The summed E-state index contributed by atoms with van der Waals surface area (Å²) in [5.74, 6) is 0. The first-order valence-corrected chi connectivity index (χ1v) is 9.44. The minimum absolute atomic E-state index is 0.522. The Kier molecular flexibility index (Phi) is 7.25. The van der Waals surface area contributed by atoms with Crippen molar-refractivity contribution in [3.8, 4) is 0 Å². The van der Waals surface area contributed by atoms with Crippen LogP contribution in [0, 0.1) is 0 Å². The highest BCUT2D eigenvalue weighted by atomic mass is 32.1. The lowest BCUT2D eigenvalue weighted by Gasteiger charge is -2.20. The Hall–Kier alpha value is -0.860. The number of nitrogens with one attached hydrogen (secondary N) is 1. The van der Waals surface area contributed by atoms with Gasteiger partial charge in [0.1, 0.15) is 0 Å². The molecule has 0 amide bonds. The van der Waals surface area contributed by atoms with Crippen molar-refractivity contribution in [3.05, 3.63) is 35.2 Å². The number of unbranched alkanes of at least 4 members (excludes halogenated alkanes) is 4. The summed E-state index contributed by atoms with van der Waals surface area (Å²) in [4.78, 5) is 0. The second-order valence-electron chi connectivity index (χ2n) is 5.90. The number of hydrogen-bond acceptors (Lipinski definition) is 2. The first kappa shape index (κ1) is 16.5. The van der Waals surface area contributed by atoms with Crippen molar-refractivity contribution in [3.63, 3.8) is 0 Å². The molecule has 1 nitrogen and oxygen atoms in total. The zero-order chi connectivity index (χ0) is 14.9. The third-order valence-corrected chi connectivity index (χ3v) is 5.10. The lowest BCUT2D eigenvalue weighted by atomic mass is 9.98. The predicted octanol–water partition coefficient (Wildman–Crippen LogP) is 6.30. The van der Waals surface area contributed by atoms with Gasteiger partial charge in [-0.1, -0.05) is 64.2 Å². The monoisotopic (exact) mass is 303 g/mol. The van der Waals surface area contributed by atoms with Crippen LogP contribution < -0.4 is 5.32 Å². The van der Waals surface area contributed by atoms with Gasteiger partial charge in [-0.05, 0) is 41.8 Å². The number of hydrogen-bond donors (Lipinski definition) is 1. The summed E-state index contributed by atoms with van der Waals surface area (Å²) in [6.45, 7) is 5.64. The van der Waals surface area contributed by atoms with Crippen LogP contribution in [0.4, 0.5) is 0 Å². The van der Waals surface area contributed by atoms with Gasteiger partial charge in [0.2, 0.25) is 0 Å². The molecule has 0 aliphatic heterocycles. The van der Waals surface area contributed by atoms with Crippen molar-refractivity contribution >= 4 is 21.4 Å². The fourth-order valence-corrected chi connectivity index (χ4v) is 3.90. The largest absolute Gasteiger partial charge is 0.310 e. The fourth-order valence-electron chi connectivity index (χ4n) is 2.93. The minimum Gasteiger partial charge on any atom is -0.310 e. The van der Waals surface area contributed by atoms with Gasteiger partial charge in [0.25, 0.3) is 0 Å². The zero-order valence-corrected chi connectivity index (χ0v) is 14.3. The van der Waals surface area contributed by atoms with Crippen LogP contribution in [0.15, 0.2) is 29.6 Å². The number of thiophene rings is 1. The predicted molar refractivity (Wildman–Crippen MR) is 96.2 cm³/mol. The van der Waals surface area contributed by atoms with Crippen LogP contribution in [-0.4, -0.2) is 6.54 Å². The van der Waals surface area contributed by atoms with E-state index >= 15 is 0 Å². The van der Waals surface area contributed by atoms with E-state index < -0.39 is 0 Å². The number of benzene rings is 1. The summed E-state index contributed by atoms with van der Waals surface area (Å²) in [6, 6.07) is 9.52. The molecule has 1 unspecified atom stereocenters. The molecule has 0 bridgehead atoms. The van der Waals surface area contributed by atoms with Crippen molar-refractivity contribution in [2.45, 2.75) is 64.8 Å². The first-order chi connectivity index (χ1) is 10.4. The van der Waals surface area contributed by atoms with Gasteiger partial charge in [0.05, 0.1) is 0 Å². The minimum atomic E-state index is 0.522. The van der Waals surface area contributed by atoms with Gasteiger partial charge in [-0.25, -0.2) is 0 Å². The molecule has 1 aromatic heterocycles. The summed E-state index contributed by atoms with van der Waals surface area (Å²) in [5, 5.41) is 7.37. The topological polar surface area (TPSA) is 12.0 Å². The Bertz CT molecular complexity index is 517. The SMILES string of the molecule is CCCCCCCC(NCCC)c1cccc2ccsc12. The van der Waals surface area contributed by atoms with Crippen molar-refractivity contribution < 1.29 is 0 Å². The van der Waals surface area contributed by atoms with Crippen LogP contribution in [0.2, 0.25) is 0 Å². The van der Waals surface area contributed by atoms with E-state index in [-0.39, 0.29) is 0 Å². The van der Waals surface area contributed by atoms with E-state index in [1.54, 1.807) is 0 Å². The molecule has 1 heterocycles. The van der Waals surface area contributed by atoms with Gasteiger partial charge in [-0.15, -0.1) is 11.3 Å². The molecule has 0 saturated heterocycles. The molecule has 2 heteroatoms. The fraction of sp³-hybridized carbons (Fsp3) is 0.579. The smallest absolute Gasteiger partial charge is 0.0390 e. The van der Waals surface area contributed by atoms with Crippen molar-refractivity contribution in [2.24, 2.45) is 0 Å². The standard InChI is InChI=1S/C19H29NS/c1-3-5-6-7-8-12-18(20-14-4-2)17-11-9-10-16-13-15-21-19(16)17/h9-11,13,15,18,20H,3-8,12,14H2,1-2H3. The highest BCUT2D eigenvalue weighted by Gasteiger charge is 2.14. The summed E-state index contributed by atoms with van der Waals surface area (Å²) in [7, 11) is 0. The molecule has 21 heavy (non-hydrogen) atoms. The van der Waals surface area contributed by atoms with E-state index in [0.29, 0.717) is 6.04 Å². The average Bonchev–Trinajstić information content (AvgIpc) is 2.98. The Morgan fingerprint density at radius 2 is 1.86 bits per heavy atom. The first-order valence-electron chi connectivity index (χ1n) is 8.56. The van der Waals surface area contributed by atoms with E-state index in [4.69, 9.17) is 0 Å². The van der Waals surface area contributed by atoms with E-state index in [1.807, 2.05) is 11.3 Å². The molecular formula is C19H29NS. The van der Waals surface area contributed by atoms with Crippen LogP contribution in [0.1, 0.15) is 70.4 Å². The molecule has 0 aliphatic rings. The Morgan fingerprint density at radius 3 is 2.67 bits per heavy atom. The maximum Gasteiger partial charge on any atom is 0.0390 e. The second-order valence-corrected chi connectivity index (χ2v) is 6.81. The van der Waals surface area contributed by atoms with Gasteiger partial charge in [-0.3, -0.25) is 0 Å². The maximum absolute atomic E-state index is 3.77. The van der Waals surface area contributed by atoms with E-state index in [0.717, 1.165) is 6.54 Å². The van der Waals surface area contributed by atoms with Crippen molar-refractivity contribution in [2.75, 3.05) is 6.54 Å². The van der Waals surface area contributed by atoms with Gasteiger partial charge < -0.3 is 5.32 Å². The van der Waals surface area contributed by atoms with Crippen LogP contribution in [0.3, 0.4) is 0 Å². The van der Waals surface area contributed by atoms with Crippen molar-refractivity contribution in [1.82, 2.24) is 5.32 Å². The molecule has 0 saturated carbocycles. The highest BCUT2D eigenvalue weighted by Crippen LogP contribution is 2.31. The van der Waals surface area contributed by atoms with Gasteiger partial charge in [0.15, 0.2) is 0 Å². The van der Waals surface area contributed by atoms with E-state index in [9.17, 15) is 0 Å². The zero-order valence-electron chi connectivity index (χ0n) is 13.5. The quantitative estimate of drug-likeness (QED) is 0.508. The lowest BCUT2D eigenvalue weighted by molar-refractivity contribution is 0.470. The molecule has 116 valence electrons.